The number of aromatic nitrogens is 4. The SMILES string of the molecule is Cc1ccc2c(nc3c(=O)[nH]c(=O)nc-3n2C[C@H](O)[C@H](O)[C@H](O)COP(=O)(O)O)c1C. The van der Waals surface area contributed by atoms with E-state index in [1.54, 1.807) is 19.1 Å². The van der Waals surface area contributed by atoms with Gasteiger partial charge in [0.2, 0.25) is 0 Å². The Hall–Kier alpha value is -2.51. The Labute approximate surface area is 174 Å². The van der Waals surface area contributed by atoms with Crippen LogP contribution < -0.4 is 11.2 Å². The molecule has 14 heteroatoms. The van der Waals surface area contributed by atoms with Crippen molar-refractivity contribution in [3.63, 3.8) is 0 Å². The van der Waals surface area contributed by atoms with Crippen molar-refractivity contribution in [3.05, 3.63) is 44.1 Å². The molecular formula is C17H21N4O9P. The first-order valence-electron chi connectivity index (χ1n) is 9.04. The molecule has 0 aromatic heterocycles. The Kier molecular flexibility index (Phi) is 6.39. The fraction of sp³-hybridized carbons (Fsp3) is 0.412. The normalized spacial score (nSPS) is 15.3. The number of hydrogen-bond donors (Lipinski definition) is 6. The number of phosphoric acid groups is 1. The average Bonchev–Trinajstić information content (AvgIpc) is 2.68. The number of hydrogen-bond acceptors (Lipinski definition) is 9. The van der Waals surface area contributed by atoms with Crippen molar-refractivity contribution in [2.24, 2.45) is 0 Å². The molecular weight excluding hydrogens is 435 g/mol. The number of benzene rings is 1. The van der Waals surface area contributed by atoms with Gasteiger partial charge in [0, 0.05) is 0 Å². The topological polar surface area (TPSA) is 208 Å². The molecule has 0 spiro atoms. The minimum Gasteiger partial charge on any atom is -0.388 e. The summed E-state index contributed by atoms with van der Waals surface area (Å²) in [6.45, 7) is 2.25. The molecule has 0 aliphatic carbocycles. The Balaban J connectivity index is 2.07. The van der Waals surface area contributed by atoms with Crippen molar-refractivity contribution in [2.75, 3.05) is 6.61 Å². The maximum Gasteiger partial charge on any atom is 0.469 e. The van der Waals surface area contributed by atoms with Crippen LogP contribution in [0, 0.1) is 13.8 Å². The number of fused-ring (bicyclic) bond motifs is 2. The van der Waals surface area contributed by atoms with E-state index in [0.717, 1.165) is 11.1 Å². The first-order valence-corrected chi connectivity index (χ1v) is 10.6. The lowest BCUT2D eigenvalue weighted by molar-refractivity contribution is -0.0793. The molecule has 2 aliphatic rings. The van der Waals surface area contributed by atoms with Crippen LogP contribution in [0.3, 0.4) is 0 Å². The molecule has 0 fully saturated rings. The van der Waals surface area contributed by atoms with Gasteiger partial charge in [-0.15, -0.1) is 0 Å². The van der Waals surface area contributed by atoms with E-state index in [-0.39, 0.29) is 11.5 Å². The van der Waals surface area contributed by atoms with E-state index in [0.29, 0.717) is 11.0 Å². The largest absolute Gasteiger partial charge is 0.469 e. The van der Waals surface area contributed by atoms with E-state index in [1.807, 2.05) is 11.9 Å². The van der Waals surface area contributed by atoms with Crippen molar-refractivity contribution < 1.29 is 34.2 Å². The summed E-state index contributed by atoms with van der Waals surface area (Å²) in [6.07, 6.45) is -5.40. The van der Waals surface area contributed by atoms with Crippen LogP contribution in [0.1, 0.15) is 11.1 Å². The first kappa shape index (κ1) is 23.2. The molecule has 1 aromatic rings. The van der Waals surface area contributed by atoms with E-state index in [2.05, 4.69) is 14.5 Å². The van der Waals surface area contributed by atoms with E-state index in [9.17, 15) is 29.5 Å². The summed E-state index contributed by atoms with van der Waals surface area (Å²) in [5.74, 6) is -0.142. The van der Waals surface area contributed by atoms with Crippen LogP contribution in [0.15, 0.2) is 21.7 Å². The second kappa shape index (κ2) is 8.55. The van der Waals surface area contributed by atoms with Gasteiger partial charge in [0.05, 0.1) is 24.2 Å². The molecule has 2 heterocycles. The molecule has 3 atom stereocenters. The third-order valence-electron chi connectivity index (χ3n) is 4.88. The van der Waals surface area contributed by atoms with Crippen molar-refractivity contribution >= 4 is 18.9 Å². The second-order valence-electron chi connectivity index (χ2n) is 7.05. The first-order chi connectivity index (χ1) is 14.4. The van der Waals surface area contributed by atoms with Gasteiger partial charge >= 0.3 is 13.5 Å². The summed E-state index contributed by atoms with van der Waals surface area (Å²) in [6, 6.07) is 3.41. The van der Waals surface area contributed by atoms with E-state index in [1.165, 1.54) is 4.57 Å². The summed E-state index contributed by atoms with van der Waals surface area (Å²) in [4.78, 5) is 51.6. The molecule has 0 radical (unpaired) electrons. The van der Waals surface area contributed by atoms with Gasteiger partial charge in [-0.2, -0.15) is 4.98 Å². The molecule has 6 N–H and O–H groups in total. The molecule has 0 bridgehead atoms. The number of phosphoric ester groups is 1. The number of aliphatic hydroxyl groups is 3. The number of aromatic amines is 1. The molecule has 168 valence electrons. The summed E-state index contributed by atoms with van der Waals surface area (Å²) < 4.78 is 16.2. The highest BCUT2D eigenvalue weighted by Crippen LogP contribution is 2.36. The lowest BCUT2D eigenvalue weighted by atomic mass is 10.1. The van der Waals surface area contributed by atoms with E-state index in [4.69, 9.17) is 9.79 Å². The Morgan fingerprint density at radius 1 is 1.13 bits per heavy atom. The van der Waals surface area contributed by atoms with Gasteiger partial charge in [-0.25, -0.2) is 14.3 Å². The predicted molar refractivity (Wildman–Crippen MR) is 107 cm³/mol. The van der Waals surface area contributed by atoms with Crippen LogP contribution in [0.4, 0.5) is 0 Å². The maximum absolute atomic E-state index is 12.3. The Bertz CT molecular complexity index is 1250. The molecule has 2 aliphatic heterocycles. The summed E-state index contributed by atoms with van der Waals surface area (Å²) in [7, 11) is -4.89. The molecule has 31 heavy (non-hydrogen) atoms. The number of nitrogens with zero attached hydrogens (tertiary/aromatic N) is 3. The second-order valence-corrected chi connectivity index (χ2v) is 8.29. The summed E-state index contributed by atoms with van der Waals surface area (Å²) in [5.41, 5.74) is 0.557. The van der Waals surface area contributed by atoms with Crippen molar-refractivity contribution in [2.45, 2.75) is 38.7 Å². The molecule has 1 aromatic carbocycles. The minimum absolute atomic E-state index is 0.142. The van der Waals surface area contributed by atoms with Gasteiger partial charge in [-0.1, -0.05) is 6.07 Å². The van der Waals surface area contributed by atoms with Gasteiger partial charge in [0.1, 0.15) is 18.3 Å². The third kappa shape index (κ3) is 4.88. The monoisotopic (exact) mass is 456 g/mol. The maximum atomic E-state index is 12.3. The van der Waals surface area contributed by atoms with Crippen molar-refractivity contribution in [1.82, 2.24) is 19.5 Å². The van der Waals surface area contributed by atoms with Gasteiger partial charge in [-0.05, 0) is 31.0 Å². The number of aliphatic hydroxyl groups excluding tert-OH is 3. The van der Waals surface area contributed by atoms with Crippen LogP contribution in [0.2, 0.25) is 0 Å². The highest BCUT2D eigenvalue weighted by molar-refractivity contribution is 7.46. The van der Waals surface area contributed by atoms with E-state index >= 15 is 0 Å². The van der Waals surface area contributed by atoms with Gasteiger partial charge in [0.25, 0.3) is 5.56 Å². The highest BCUT2D eigenvalue weighted by Gasteiger charge is 2.30. The minimum atomic E-state index is -4.89. The molecule has 0 saturated heterocycles. The van der Waals surface area contributed by atoms with Gasteiger partial charge in [0.15, 0.2) is 11.5 Å². The van der Waals surface area contributed by atoms with Crippen molar-refractivity contribution in [3.8, 4) is 11.5 Å². The molecule has 0 unspecified atom stereocenters. The van der Waals surface area contributed by atoms with Gasteiger partial charge < -0.3 is 29.7 Å². The van der Waals surface area contributed by atoms with Crippen LogP contribution in [-0.2, 0) is 15.6 Å². The average molecular weight is 456 g/mol. The fourth-order valence-corrected chi connectivity index (χ4v) is 3.45. The van der Waals surface area contributed by atoms with Crippen LogP contribution in [-0.4, -0.2) is 69.5 Å². The highest BCUT2D eigenvalue weighted by atomic mass is 31.2. The Morgan fingerprint density at radius 3 is 2.45 bits per heavy atom. The van der Waals surface area contributed by atoms with Crippen molar-refractivity contribution in [1.29, 1.82) is 0 Å². The number of aryl methyl sites for hydroxylation is 2. The van der Waals surface area contributed by atoms with Crippen LogP contribution in [0.25, 0.3) is 22.6 Å². The summed E-state index contributed by atoms with van der Waals surface area (Å²) in [5, 5.41) is 30.5. The zero-order valence-corrected chi connectivity index (χ0v) is 17.4. The Morgan fingerprint density at radius 2 is 1.81 bits per heavy atom. The summed E-state index contributed by atoms with van der Waals surface area (Å²) >= 11 is 0. The fourth-order valence-electron chi connectivity index (χ4n) is 3.10. The van der Waals surface area contributed by atoms with E-state index < -0.39 is 50.5 Å². The van der Waals surface area contributed by atoms with Crippen LogP contribution >= 0.6 is 7.82 Å². The number of rotatable bonds is 7. The lowest BCUT2D eigenvalue weighted by Gasteiger charge is -2.26. The third-order valence-corrected chi connectivity index (χ3v) is 5.36. The number of H-pyrrole nitrogens is 1. The molecule has 3 rings (SSSR count). The smallest absolute Gasteiger partial charge is 0.388 e. The lowest BCUT2D eigenvalue weighted by Crippen LogP contribution is -2.42. The van der Waals surface area contributed by atoms with Gasteiger partial charge in [-0.3, -0.25) is 14.3 Å². The quantitative estimate of drug-likeness (QED) is 0.176. The zero-order chi connectivity index (χ0) is 23.1. The number of nitrogens with one attached hydrogen (secondary N) is 1. The predicted octanol–water partition coefficient (Wildman–Crippen LogP) is -1.61. The van der Waals surface area contributed by atoms with Crippen LogP contribution in [0.5, 0.6) is 0 Å². The molecule has 0 saturated carbocycles. The standard InChI is InChI=1S/C17H21N4O9P/c1-7-3-4-9-12(8(7)2)18-13-15(19-17(26)20-16(13)25)21(9)5-10(22)14(24)11(23)6-30-31(27,28)29/h3-4,10-11,14,22-24H,5-6H2,1-2H3,(H,20,25,26)(H2,27,28,29)/t10-,11+,14-/m0/s1. The zero-order valence-electron chi connectivity index (χ0n) is 16.5. The molecule has 13 nitrogen and oxygen atoms in total. The molecule has 0 amide bonds.